The summed E-state index contributed by atoms with van der Waals surface area (Å²) in [7, 11) is 0. The molecule has 0 radical (unpaired) electrons. The summed E-state index contributed by atoms with van der Waals surface area (Å²) in [6, 6.07) is 14.6. The smallest absolute Gasteiger partial charge is 0.247 e. The van der Waals surface area contributed by atoms with Crippen molar-refractivity contribution in [3.05, 3.63) is 82.6 Å². The zero-order chi connectivity index (χ0) is 28.2. The van der Waals surface area contributed by atoms with Crippen LogP contribution in [0, 0.1) is 5.82 Å². The van der Waals surface area contributed by atoms with Crippen molar-refractivity contribution in [3.63, 3.8) is 0 Å². The van der Waals surface area contributed by atoms with E-state index >= 15 is 0 Å². The number of nitrogens with one attached hydrogen (secondary N) is 1. The van der Waals surface area contributed by atoms with Crippen LogP contribution in [0.15, 0.2) is 65.7 Å². The van der Waals surface area contributed by atoms with E-state index in [0.717, 1.165) is 16.2 Å². The Balaban J connectivity index is 1.56. The first-order valence-corrected chi connectivity index (χ1v) is 14.1. The van der Waals surface area contributed by atoms with Gasteiger partial charge in [-0.2, -0.15) is 0 Å². The molecule has 2 amide bonds. The normalized spacial score (nSPS) is 19.9. The Labute approximate surface area is 232 Å². The van der Waals surface area contributed by atoms with Crippen molar-refractivity contribution in [3.8, 4) is 0 Å². The Kier molecular flexibility index (Phi) is 8.78. The monoisotopic (exact) mass is 554 g/mol. The van der Waals surface area contributed by atoms with Gasteiger partial charge in [0.15, 0.2) is 5.78 Å². The first-order chi connectivity index (χ1) is 18.5. The van der Waals surface area contributed by atoms with Gasteiger partial charge in [-0.1, -0.05) is 42.5 Å². The maximum atomic E-state index is 13.9. The second-order valence-electron chi connectivity index (χ2n) is 10.5. The first-order valence-electron chi connectivity index (χ1n) is 12.9. The first kappa shape index (κ1) is 28.8. The summed E-state index contributed by atoms with van der Waals surface area (Å²) in [4.78, 5) is 43.8. The van der Waals surface area contributed by atoms with Crippen LogP contribution in [0.25, 0.3) is 0 Å². The van der Waals surface area contributed by atoms with Crippen molar-refractivity contribution in [2.45, 2.75) is 44.0 Å². The summed E-state index contributed by atoms with van der Waals surface area (Å²) in [6.07, 6.45) is 3.85. The molecule has 2 aromatic carbocycles. The van der Waals surface area contributed by atoms with Crippen LogP contribution in [-0.4, -0.2) is 77.0 Å². The number of rotatable bonds is 10. The molecule has 10 heteroatoms. The molecule has 2 aliphatic heterocycles. The number of amides is 2. The Hall–Kier alpha value is -3.21. The van der Waals surface area contributed by atoms with Crippen LogP contribution in [0.3, 0.4) is 0 Å². The topological polar surface area (TPSA) is 105 Å². The van der Waals surface area contributed by atoms with E-state index in [1.165, 1.54) is 23.9 Å². The SMILES string of the molecule is CSC1=CC(=O)C2(Cc3ccc(F)cc3)CN(C(=O)C(COCc3ccccc3)NC(=O)C(C)(C)N)CCN12. The van der Waals surface area contributed by atoms with Crippen LogP contribution in [-0.2, 0) is 32.1 Å². The van der Waals surface area contributed by atoms with E-state index < -0.39 is 23.0 Å². The van der Waals surface area contributed by atoms with Gasteiger partial charge < -0.3 is 25.6 Å². The number of nitrogens with two attached hydrogens (primary N) is 1. The lowest BCUT2D eigenvalue weighted by Gasteiger charge is -2.48. The van der Waals surface area contributed by atoms with Gasteiger partial charge in [0.05, 0.1) is 30.3 Å². The van der Waals surface area contributed by atoms with Crippen molar-refractivity contribution in [1.29, 1.82) is 0 Å². The number of thioether (sulfide) groups is 1. The number of ether oxygens (including phenoxy) is 1. The van der Waals surface area contributed by atoms with E-state index in [1.807, 2.05) is 36.6 Å². The van der Waals surface area contributed by atoms with Gasteiger partial charge in [0.2, 0.25) is 11.8 Å². The fourth-order valence-corrected chi connectivity index (χ4v) is 5.63. The Morgan fingerprint density at radius 2 is 1.82 bits per heavy atom. The molecule has 0 aliphatic carbocycles. The highest BCUT2D eigenvalue weighted by atomic mass is 32.2. The lowest BCUT2D eigenvalue weighted by molar-refractivity contribution is -0.145. The number of carbonyl (C=O) groups is 3. The highest BCUT2D eigenvalue weighted by molar-refractivity contribution is 8.02. The van der Waals surface area contributed by atoms with Gasteiger partial charge in [-0.3, -0.25) is 14.4 Å². The summed E-state index contributed by atoms with van der Waals surface area (Å²) in [5.74, 6) is -1.28. The standard InChI is InChI=1S/C29H35FN4O4S/c1-28(2,31)27(37)32-23(18-38-17-21-7-5-4-6-8-21)26(36)33-13-14-34-25(39-3)15-24(35)29(34,19-33)16-20-9-11-22(30)12-10-20/h4-12,15,23H,13-14,16-19,31H2,1-3H3,(H,32,37). The molecule has 1 fully saturated rings. The van der Waals surface area contributed by atoms with E-state index in [1.54, 1.807) is 37.0 Å². The van der Waals surface area contributed by atoms with Crippen molar-refractivity contribution >= 4 is 29.4 Å². The molecular weight excluding hydrogens is 519 g/mol. The molecule has 2 aliphatic rings. The Bertz CT molecular complexity index is 1230. The van der Waals surface area contributed by atoms with Gasteiger partial charge >= 0.3 is 0 Å². The molecule has 2 unspecified atom stereocenters. The third-order valence-electron chi connectivity index (χ3n) is 7.06. The number of piperazine rings is 1. The molecule has 0 aromatic heterocycles. The third kappa shape index (κ3) is 6.51. The molecule has 0 spiro atoms. The molecule has 0 saturated carbocycles. The molecule has 2 atom stereocenters. The van der Waals surface area contributed by atoms with Crippen LogP contribution < -0.4 is 11.1 Å². The zero-order valence-corrected chi connectivity index (χ0v) is 23.3. The lowest BCUT2D eigenvalue weighted by Crippen LogP contribution is -2.67. The minimum atomic E-state index is -1.20. The summed E-state index contributed by atoms with van der Waals surface area (Å²) < 4.78 is 19.4. The van der Waals surface area contributed by atoms with E-state index in [0.29, 0.717) is 19.5 Å². The minimum absolute atomic E-state index is 0.0526. The molecule has 4 rings (SSSR count). The van der Waals surface area contributed by atoms with Crippen molar-refractivity contribution < 1.29 is 23.5 Å². The number of carbonyl (C=O) groups excluding carboxylic acids is 3. The van der Waals surface area contributed by atoms with Gasteiger partial charge in [0.25, 0.3) is 0 Å². The molecule has 8 nitrogen and oxygen atoms in total. The van der Waals surface area contributed by atoms with E-state index in [9.17, 15) is 18.8 Å². The molecule has 39 heavy (non-hydrogen) atoms. The van der Waals surface area contributed by atoms with Crippen LogP contribution in [0.5, 0.6) is 0 Å². The summed E-state index contributed by atoms with van der Waals surface area (Å²) >= 11 is 1.48. The second-order valence-corrected chi connectivity index (χ2v) is 11.4. The van der Waals surface area contributed by atoms with Crippen molar-refractivity contribution in [1.82, 2.24) is 15.1 Å². The number of hydrogen-bond donors (Lipinski definition) is 2. The minimum Gasteiger partial charge on any atom is -0.374 e. The largest absolute Gasteiger partial charge is 0.374 e. The van der Waals surface area contributed by atoms with Crippen LogP contribution in [0.2, 0.25) is 0 Å². The number of halogens is 1. The summed E-state index contributed by atoms with van der Waals surface area (Å²) in [6.45, 7) is 4.29. The van der Waals surface area contributed by atoms with Gasteiger partial charge in [-0.05, 0) is 43.4 Å². The molecule has 2 heterocycles. The zero-order valence-electron chi connectivity index (χ0n) is 22.5. The fraction of sp³-hybridized carbons (Fsp3) is 0.414. The van der Waals surface area contributed by atoms with Gasteiger partial charge in [0, 0.05) is 25.6 Å². The van der Waals surface area contributed by atoms with E-state index in [2.05, 4.69) is 10.2 Å². The third-order valence-corrected chi connectivity index (χ3v) is 7.81. The van der Waals surface area contributed by atoms with E-state index in [4.69, 9.17) is 10.5 Å². The second kappa shape index (κ2) is 11.9. The maximum absolute atomic E-state index is 13.9. The number of nitrogens with zero attached hydrogens (tertiary/aromatic N) is 2. The van der Waals surface area contributed by atoms with Gasteiger partial charge in [-0.15, -0.1) is 11.8 Å². The Morgan fingerprint density at radius 1 is 1.13 bits per heavy atom. The average molecular weight is 555 g/mol. The molecule has 1 saturated heterocycles. The lowest BCUT2D eigenvalue weighted by atomic mass is 9.84. The fourth-order valence-electron chi connectivity index (χ4n) is 4.92. The number of hydrogen-bond acceptors (Lipinski definition) is 7. The predicted molar refractivity (Wildman–Crippen MR) is 149 cm³/mol. The average Bonchev–Trinajstić information content (AvgIpc) is 3.19. The molecular formula is C29H35FN4O4S. The molecule has 0 bridgehead atoms. The number of benzene rings is 2. The maximum Gasteiger partial charge on any atom is 0.247 e. The highest BCUT2D eigenvalue weighted by Crippen LogP contribution is 2.39. The van der Waals surface area contributed by atoms with Gasteiger partial charge in [0.1, 0.15) is 17.4 Å². The highest BCUT2D eigenvalue weighted by Gasteiger charge is 2.52. The molecule has 208 valence electrons. The van der Waals surface area contributed by atoms with Crippen LogP contribution in [0.1, 0.15) is 25.0 Å². The summed E-state index contributed by atoms with van der Waals surface area (Å²) in [5.41, 5.74) is 5.52. The van der Waals surface area contributed by atoms with Gasteiger partial charge in [-0.25, -0.2) is 4.39 Å². The Morgan fingerprint density at radius 3 is 2.46 bits per heavy atom. The van der Waals surface area contributed by atoms with Crippen LogP contribution >= 0.6 is 11.8 Å². The number of ketones is 1. The van der Waals surface area contributed by atoms with Crippen molar-refractivity contribution in [2.24, 2.45) is 5.73 Å². The quantitative estimate of drug-likeness (QED) is 0.465. The molecule has 3 N–H and O–H groups in total. The van der Waals surface area contributed by atoms with Crippen LogP contribution in [0.4, 0.5) is 4.39 Å². The summed E-state index contributed by atoms with van der Waals surface area (Å²) in [5, 5.41) is 3.60. The molecule has 2 aromatic rings. The van der Waals surface area contributed by atoms with E-state index in [-0.39, 0.29) is 37.3 Å². The van der Waals surface area contributed by atoms with Crippen molar-refractivity contribution in [2.75, 3.05) is 32.5 Å². The number of fused-ring (bicyclic) bond motifs is 1. The predicted octanol–water partition coefficient (Wildman–Crippen LogP) is 2.48.